The van der Waals surface area contributed by atoms with Crippen molar-refractivity contribution in [3.8, 4) is 0 Å². The van der Waals surface area contributed by atoms with E-state index in [1.165, 1.54) is 276 Å². The molecule has 6 heteroatoms. The number of ether oxygens (including phenoxy) is 3. The van der Waals surface area contributed by atoms with Crippen LogP contribution in [0, 0.1) is 0 Å². The first-order valence-electron chi connectivity index (χ1n) is 36.6. The number of carbonyl (C=O) groups excluding carboxylic acids is 3. The lowest BCUT2D eigenvalue weighted by atomic mass is 10.0. The molecule has 0 saturated heterocycles. The normalized spacial score (nSPS) is 12.3. The summed E-state index contributed by atoms with van der Waals surface area (Å²) in [6.07, 6.45) is 90.6. The van der Waals surface area contributed by atoms with Crippen molar-refractivity contribution in [2.75, 3.05) is 13.2 Å². The number of hydrogen-bond acceptors (Lipinski definition) is 6. The Labute approximate surface area is 511 Å². The van der Waals surface area contributed by atoms with E-state index in [9.17, 15) is 14.4 Å². The predicted octanol–water partition coefficient (Wildman–Crippen LogP) is 25.3. The molecule has 0 aliphatic carbocycles. The van der Waals surface area contributed by atoms with Gasteiger partial charge in [-0.25, -0.2) is 0 Å². The molecule has 1 atom stereocenters. The smallest absolute Gasteiger partial charge is 0.306 e. The maximum Gasteiger partial charge on any atom is 0.306 e. The highest BCUT2D eigenvalue weighted by atomic mass is 16.6. The molecule has 0 aromatic rings. The van der Waals surface area contributed by atoms with Crippen molar-refractivity contribution in [2.24, 2.45) is 0 Å². The topological polar surface area (TPSA) is 78.9 Å². The molecule has 6 nitrogen and oxygen atoms in total. The van der Waals surface area contributed by atoms with Gasteiger partial charge in [0.2, 0.25) is 0 Å². The van der Waals surface area contributed by atoms with Crippen molar-refractivity contribution >= 4 is 17.9 Å². The monoisotopic (exact) mass is 1150 g/mol. The van der Waals surface area contributed by atoms with Crippen molar-refractivity contribution < 1.29 is 28.6 Å². The minimum atomic E-state index is -0.765. The van der Waals surface area contributed by atoms with Gasteiger partial charge < -0.3 is 14.2 Å². The largest absolute Gasteiger partial charge is 0.462 e. The highest BCUT2D eigenvalue weighted by Gasteiger charge is 2.19. The summed E-state index contributed by atoms with van der Waals surface area (Å²) in [4.78, 5) is 38.1. The van der Waals surface area contributed by atoms with E-state index in [0.29, 0.717) is 19.3 Å². The number of allylic oxidation sites excluding steroid dienone is 8. The van der Waals surface area contributed by atoms with Crippen LogP contribution in [-0.4, -0.2) is 37.2 Å². The van der Waals surface area contributed by atoms with E-state index in [2.05, 4.69) is 69.4 Å². The van der Waals surface area contributed by atoms with Crippen LogP contribution in [0.5, 0.6) is 0 Å². The van der Waals surface area contributed by atoms with Crippen LogP contribution in [0.15, 0.2) is 48.6 Å². The number of rotatable bonds is 68. The quantitative estimate of drug-likeness (QED) is 0.0261. The fraction of sp³-hybridized carbons (Fsp3) is 0.855. The zero-order valence-corrected chi connectivity index (χ0v) is 55.3. The van der Waals surface area contributed by atoms with Gasteiger partial charge in [-0.3, -0.25) is 14.4 Å². The van der Waals surface area contributed by atoms with Crippen molar-refractivity contribution in [3.05, 3.63) is 48.6 Å². The third-order valence-electron chi connectivity index (χ3n) is 16.6. The van der Waals surface area contributed by atoms with Gasteiger partial charge in [-0.1, -0.05) is 371 Å². The van der Waals surface area contributed by atoms with Gasteiger partial charge in [-0.05, 0) is 57.8 Å². The molecular formula is C76H140O6. The van der Waals surface area contributed by atoms with E-state index in [1.54, 1.807) is 0 Å². The average Bonchev–Trinajstić information content (AvgIpc) is 3.47. The number of carbonyl (C=O) groups is 3. The Morgan fingerprint density at radius 1 is 0.256 bits per heavy atom. The lowest BCUT2D eigenvalue weighted by Crippen LogP contribution is -2.30. The summed E-state index contributed by atoms with van der Waals surface area (Å²) >= 11 is 0. The summed E-state index contributed by atoms with van der Waals surface area (Å²) in [7, 11) is 0. The van der Waals surface area contributed by atoms with Gasteiger partial charge in [0.25, 0.3) is 0 Å². The number of unbranched alkanes of at least 4 members (excludes halogenated alkanes) is 49. The molecule has 0 amide bonds. The van der Waals surface area contributed by atoms with E-state index >= 15 is 0 Å². The second kappa shape index (κ2) is 70.9. The Hall–Kier alpha value is -2.63. The van der Waals surface area contributed by atoms with Crippen molar-refractivity contribution in [2.45, 2.75) is 406 Å². The molecule has 0 bridgehead atoms. The van der Waals surface area contributed by atoms with Gasteiger partial charge in [0.1, 0.15) is 13.2 Å². The molecule has 0 aliphatic rings. The molecule has 1 unspecified atom stereocenters. The van der Waals surface area contributed by atoms with E-state index in [0.717, 1.165) is 83.5 Å². The number of esters is 3. The molecule has 0 rings (SSSR count). The molecule has 0 aromatic carbocycles. The summed E-state index contributed by atoms with van der Waals surface area (Å²) < 4.78 is 16.9. The van der Waals surface area contributed by atoms with Crippen LogP contribution in [0.3, 0.4) is 0 Å². The summed E-state index contributed by atoms with van der Waals surface area (Å²) in [5, 5.41) is 0. The van der Waals surface area contributed by atoms with Gasteiger partial charge in [0, 0.05) is 19.3 Å². The third kappa shape index (κ3) is 68.2. The standard InChI is InChI=1S/C76H140O6/c1-4-7-10-13-16-18-20-22-24-26-28-30-32-33-34-35-36-37-38-39-40-41-42-43-45-46-48-50-52-54-56-58-60-63-66-69-75(78)81-72-73(71-80-74(77)68-65-62-15-12-9-6-3)82-76(79)70-67-64-61-59-57-55-53-51-49-47-44-31-29-27-25-23-21-19-17-14-11-8-5-2/h7,10,16,18,22,24,28,30,73H,4-6,8-9,11-15,17,19-21,23,25-27,29,31-72H2,1-3H3/b10-7-,18-16-,24-22-,30-28-. The SMILES string of the molecule is CC/C=C\C/C=C\C/C=C\C/C=C\CCCCCCCCCCCCCCCCCCCCCCCCC(=O)OCC(COC(=O)CCCCCCCC)OC(=O)CCCCCCCCCCCCCCCCCCCCCCCCC. The minimum absolute atomic E-state index is 0.0653. The van der Waals surface area contributed by atoms with Crippen LogP contribution in [0.1, 0.15) is 400 Å². The van der Waals surface area contributed by atoms with Gasteiger partial charge in [-0.2, -0.15) is 0 Å². The molecule has 0 aromatic heterocycles. The van der Waals surface area contributed by atoms with Gasteiger partial charge in [-0.15, -0.1) is 0 Å². The zero-order chi connectivity index (χ0) is 59.2. The van der Waals surface area contributed by atoms with Crippen molar-refractivity contribution in [3.63, 3.8) is 0 Å². The molecule has 82 heavy (non-hydrogen) atoms. The molecule has 480 valence electrons. The maximum absolute atomic E-state index is 12.9. The van der Waals surface area contributed by atoms with E-state index < -0.39 is 6.10 Å². The van der Waals surface area contributed by atoms with E-state index in [4.69, 9.17) is 14.2 Å². The fourth-order valence-corrected chi connectivity index (χ4v) is 11.1. The predicted molar refractivity (Wildman–Crippen MR) is 358 cm³/mol. The fourth-order valence-electron chi connectivity index (χ4n) is 11.1. The van der Waals surface area contributed by atoms with Crippen LogP contribution in [0.25, 0.3) is 0 Å². The number of hydrogen-bond donors (Lipinski definition) is 0. The highest BCUT2D eigenvalue weighted by molar-refractivity contribution is 5.71. The molecular weight excluding hydrogens is 1010 g/mol. The van der Waals surface area contributed by atoms with Crippen LogP contribution in [0.4, 0.5) is 0 Å². The Balaban J connectivity index is 3.91. The van der Waals surface area contributed by atoms with Gasteiger partial charge in [0.05, 0.1) is 0 Å². The lowest BCUT2D eigenvalue weighted by Gasteiger charge is -2.18. The van der Waals surface area contributed by atoms with Crippen LogP contribution in [-0.2, 0) is 28.6 Å². The second-order valence-corrected chi connectivity index (χ2v) is 24.8. The highest BCUT2D eigenvalue weighted by Crippen LogP contribution is 2.19. The molecule has 0 heterocycles. The first kappa shape index (κ1) is 79.4. The summed E-state index contributed by atoms with van der Waals surface area (Å²) in [5.41, 5.74) is 0. The summed E-state index contributed by atoms with van der Waals surface area (Å²) in [6.45, 7) is 6.54. The zero-order valence-electron chi connectivity index (χ0n) is 55.3. The molecule has 0 N–H and O–H groups in total. The van der Waals surface area contributed by atoms with E-state index in [1.807, 2.05) is 0 Å². The van der Waals surface area contributed by atoms with Crippen LogP contribution >= 0.6 is 0 Å². The summed E-state index contributed by atoms with van der Waals surface area (Å²) in [6, 6.07) is 0. The first-order valence-corrected chi connectivity index (χ1v) is 36.6. The molecule has 0 aliphatic heterocycles. The van der Waals surface area contributed by atoms with Crippen LogP contribution in [0.2, 0.25) is 0 Å². The third-order valence-corrected chi connectivity index (χ3v) is 16.6. The average molecular weight is 1150 g/mol. The van der Waals surface area contributed by atoms with Gasteiger partial charge >= 0.3 is 17.9 Å². The lowest BCUT2D eigenvalue weighted by molar-refractivity contribution is -0.167. The Kier molecular flexibility index (Phi) is 68.6. The summed E-state index contributed by atoms with van der Waals surface area (Å²) in [5.74, 6) is -0.846. The minimum Gasteiger partial charge on any atom is -0.462 e. The van der Waals surface area contributed by atoms with Crippen molar-refractivity contribution in [1.82, 2.24) is 0 Å². The maximum atomic E-state index is 12.9. The Bertz CT molecular complexity index is 1410. The van der Waals surface area contributed by atoms with E-state index in [-0.39, 0.29) is 31.1 Å². The molecule has 0 spiro atoms. The Morgan fingerprint density at radius 2 is 0.476 bits per heavy atom. The molecule has 0 saturated carbocycles. The first-order chi connectivity index (χ1) is 40.5. The molecule has 0 radical (unpaired) electrons. The van der Waals surface area contributed by atoms with Crippen molar-refractivity contribution in [1.29, 1.82) is 0 Å². The Morgan fingerprint density at radius 3 is 0.744 bits per heavy atom. The molecule has 0 fully saturated rings. The second-order valence-electron chi connectivity index (χ2n) is 24.8. The van der Waals surface area contributed by atoms with Gasteiger partial charge in [0.15, 0.2) is 6.10 Å². The van der Waals surface area contributed by atoms with Crippen LogP contribution < -0.4 is 0 Å².